The Labute approximate surface area is 213 Å². The second-order valence-corrected chi connectivity index (χ2v) is 14.2. The van der Waals surface area contributed by atoms with E-state index in [1.807, 2.05) is 6.08 Å². The fourth-order valence-electron chi connectivity index (χ4n) is 11.2. The number of amides is 1. The first-order chi connectivity index (χ1) is 16.8. The zero-order chi connectivity index (χ0) is 24.6. The second kappa shape index (κ2) is 8.58. The zero-order valence-electron chi connectivity index (χ0n) is 22.7. The van der Waals surface area contributed by atoms with Gasteiger partial charge in [-0.05, 0) is 111 Å². The molecule has 0 aromatic carbocycles. The van der Waals surface area contributed by atoms with E-state index in [-0.39, 0.29) is 5.72 Å². The van der Waals surface area contributed by atoms with Gasteiger partial charge in [-0.1, -0.05) is 33.8 Å². The number of rotatable bonds is 4. The third-order valence-corrected chi connectivity index (χ3v) is 12.9. The van der Waals surface area contributed by atoms with E-state index in [4.69, 9.17) is 9.47 Å². The molecule has 6 aliphatic rings. The minimum atomic E-state index is -0.345. The van der Waals surface area contributed by atoms with Crippen LogP contribution in [0, 0.1) is 52.3 Å². The Bertz CT molecular complexity index is 845. The van der Waals surface area contributed by atoms with E-state index >= 15 is 0 Å². The van der Waals surface area contributed by atoms with Crippen molar-refractivity contribution >= 4 is 6.41 Å². The van der Waals surface area contributed by atoms with Crippen LogP contribution in [0.15, 0.2) is 12.7 Å². The lowest BCUT2D eigenvalue weighted by atomic mass is 9.44. The standard InChI is InChI=1S/C31H49NO3/c1-6-15-34-23-10-12-29(4)22(16-23)7-8-24-25(29)11-13-30(5)26(24)17-27-28(30)21(3)31(35-27)14-9-20(2)18-32(31)19-33/h6,19-28H,1,7-18H2,2-5H3. The molecule has 4 aliphatic carbocycles. The topological polar surface area (TPSA) is 38.8 Å². The average Bonchev–Trinajstić information content (AvgIpc) is 3.30. The van der Waals surface area contributed by atoms with Crippen LogP contribution in [0.1, 0.15) is 91.9 Å². The van der Waals surface area contributed by atoms with Crippen LogP contribution in [-0.4, -0.2) is 42.4 Å². The van der Waals surface area contributed by atoms with Crippen molar-refractivity contribution in [3.05, 3.63) is 12.7 Å². The minimum absolute atomic E-state index is 0.336. The number of carbonyl (C=O) groups is 1. The lowest BCUT2D eigenvalue weighted by Crippen LogP contribution is -2.59. The average molecular weight is 484 g/mol. The molecule has 6 rings (SSSR count). The number of ether oxygens (including phenoxy) is 2. The number of hydrogen-bond acceptors (Lipinski definition) is 3. The van der Waals surface area contributed by atoms with Gasteiger partial charge in [0.25, 0.3) is 0 Å². The fourth-order valence-corrected chi connectivity index (χ4v) is 11.2. The molecule has 1 amide bonds. The van der Waals surface area contributed by atoms with Crippen molar-refractivity contribution in [2.45, 2.75) is 110 Å². The smallest absolute Gasteiger partial charge is 0.211 e. The maximum Gasteiger partial charge on any atom is 0.211 e. The third kappa shape index (κ3) is 3.40. The van der Waals surface area contributed by atoms with E-state index in [0.29, 0.717) is 47.4 Å². The van der Waals surface area contributed by atoms with E-state index in [9.17, 15) is 4.79 Å². The Morgan fingerprint density at radius 3 is 2.57 bits per heavy atom. The Morgan fingerprint density at radius 1 is 1.00 bits per heavy atom. The molecule has 1 spiro atoms. The monoisotopic (exact) mass is 483 g/mol. The van der Waals surface area contributed by atoms with Crippen LogP contribution >= 0.6 is 0 Å². The molecule has 0 N–H and O–H groups in total. The van der Waals surface area contributed by atoms with Crippen molar-refractivity contribution in [2.24, 2.45) is 52.3 Å². The Balaban J connectivity index is 1.22. The van der Waals surface area contributed by atoms with Crippen LogP contribution in [-0.2, 0) is 14.3 Å². The summed E-state index contributed by atoms with van der Waals surface area (Å²) >= 11 is 0. The number of nitrogens with zero attached hydrogens (tertiary/aromatic N) is 1. The van der Waals surface area contributed by atoms with Gasteiger partial charge in [0.05, 0.1) is 18.8 Å². The van der Waals surface area contributed by atoms with Crippen LogP contribution < -0.4 is 0 Å². The van der Waals surface area contributed by atoms with Gasteiger partial charge in [0, 0.05) is 12.5 Å². The first-order valence-electron chi connectivity index (χ1n) is 14.9. The van der Waals surface area contributed by atoms with Crippen molar-refractivity contribution in [2.75, 3.05) is 13.2 Å². The predicted octanol–water partition coefficient (Wildman–Crippen LogP) is 6.45. The quantitative estimate of drug-likeness (QED) is 0.341. The Kier molecular flexibility index (Phi) is 6.00. The molecule has 2 heterocycles. The van der Waals surface area contributed by atoms with E-state index in [2.05, 4.69) is 39.2 Å². The second-order valence-electron chi connectivity index (χ2n) is 14.2. The van der Waals surface area contributed by atoms with E-state index in [1.165, 1.54) is 57.8 Å². The lowest BCUT2D eigenvalue weighted by molar-refractivity contribution is -0.194. The molecule has 12 unspecified atom stereocenters. The van der Waals surface area contributed by atoms with E-state index in [0.717, 1.165) is 43.0 Å². The summed E-state index contributed by atoms with van der Waals surface area (Å²) in [7, 11) is 0. The van der Waals surface area contributed by atoms with Crippen molar-refractivity contribution < 1.29 is 14.3 Å². The Morgan fingerprint density at radius 2 is 1.80 bits per heavy atom. The number of piperidine rings is 1. The van der Waals surface area contributed by atoms with Crippen molar-refractivity contribution in [3.63, 3.8) is 0 Å². The van der Waals surface area contributed by atoms with Gasteiger partial charge in [0.2, 0.25) is 6.41 Å². The summed E-state index contributed by atoms with van der Waals surface area (Å²) in [6.07, 6.45) is 16.5. The number of likely N-dealkylation sites (tertiary alicyclic amines) is 1. The molecule has 0 radical (unpaired) electrons. The molecule has 2 saturated heterocycles. The molecule has 4 heteroatoms. The van der Waals surface area contributed by atoms with Gasteiger partial charge in [-0.2, -0.15) is 0 Å². The third-order valence-electron chi connectivity index (χ3n) is 12.9. The summed E-state index contributed by atoms with van der Waals surface area (Å²) in [5, 5.41) is 0. The first-order valence-corrected chi connectivity index (χ1v) is 14.9. The molecule has 2 aliphatic heterocycles. The molecule has 0 aromatic heterocycles. The van der Waals surface area contributed by atoms with E-state index < -0.39 is 0 Å². The molecule has 35 heavy (non-hydrogen) atoms. The highest BCUT2D eigenvalue weighted by Gasteiger charge is 2.69. The highest BCUT2D eigenvalue weighted by Crippen LogP contribution is 2.71. The van der Waals surface area contributed by atoms with Crippen LogP contribution in [0.5, 0.6) is 0 Å². The van der Waals surface area contributed by atoms with E-state index in [1.54, 1.807) is 0 Å². The van der Waals surface area contributed by atoms with Gasteiger partial charge in [-0.3, -0.25) is 4.79 Å². The van der Waals surface area contributed by atoms with Crippen molar-refractivity contribution in [1.82, 2.24) is 4.90 Å². The van der Waals surface area contributed by atoms with Crippen LogP contribution in [0.2, 0.25) is 0 Å². The maximum absolute atomic E-state index is 12.2. The predicted molar refractivity (Wildman–Crippen MR) is 138 cm³/mol. The lowest BCUT2D eigenvalue weighted by Gasteiger charge is -2.61. The molecular formula is C31H49NO3. The number of fused-ring (bicyclic) bond motifs is 7. The van der Waals surface area contributed by atoms with Gasteiger partial charge in [0.1, 0.15) is 5.72 Å². The first kappa shape index (κ1) is 24.5. The van der Waals surface area contributed by atoms with Gasteiger partial charge in [0.15, 0.2) is 0 Å². The summed E-state index contributed by atoms with van der Waals surface area (Å²) in [4.78, 5) is 14.2. The summed E-state index contributed by atoms with van der Waals surface area (Å²) in [6, 6.07) is 0. The maximum atomic E-state index is 12.2. The molecule has 0 aromatic rings. The fraction of sp³-hybridized carbons (Fsp3) is 0.903. The molecule has 196 valence electrons. The van der Waals surface area contributed by atoms with Crippen molar-refractivity contribution in [1.29, 1.82) is 0 Å². The Hall–Kier alpha value is -0.870. The highest BCUT2D eigenvalue weighted by atomic mass is 16.5. The summed E-state index contributed by atoms with van der Waals surface area (Å²) in [5.74, 6) is 4.93. The van der Waals surface area contributed by atoms with Crippen molar-refractivity contribution in [3.8, 4) is 0 Å². The highest BCUT2D eigenvalue weighted by molar-refractivity contribution is 5.49. The molecule has 0 bridgehead atoms. The SMILES string of the molecule is C=CCOC1CCC2(C)C(CCC3C2CCC2(C)C3CC3OC4(CCC(C)CN4C=O)C(C)C32)C1. The van der Waals surface area contributed by atoms with Gasteiger partial charge in [-0.25, -0.2) is 0 Å². The van der Waals surface area contributed by atoms with Crippen LogP contribution in [0.25, 0.3) is 0 Å². The number of carbonyl (C=O) groups excluding carboxylic acids is 1. The summed E-state index contributed by atoms with van der Waals surface area (Å²) < 4.78 is 13.2. The molecule has 6 fully saturated rings. The normalized spacial score (nSPS) is 55.1. The van der Waals surface area contributed by atoms with Gasteiger partial charge in [-0.15, -0.1) is 6.58 Å². The van der Waals surface area contributed by atoms with Crippen LogP contribution in [0.4, 0.5) is 0 Å². The van der Waals surface area contributed by atoms with Gasteiger partial charge < -0.3 is 14.4 Å². The molecular weight excluding hydrogens is 434 g/mol. The largest absolute Gasteiger partial charge is 0.374 e. The molecule has 4 saturated carbocycles. The van der Waals surface area contributed by atoms with Crippen LogP contribution in [0.3, 0.4) is 0 Å². The summed E-state index contributed by atoms with van der Waals surface area (Å²) in [6.45, 7) is 15.4. The zero-order valence-corrected chi connectivity index (χ0v) is 22.7. The minimum Gasteiger partial charge on any atom is -0.374 e. The van der Waals surface area contributed by atoms with Gasteiger partial charge >= 0.3 is 0 Å². The molecule has 4 nitrogen and oxygen atoms in total. The summed E-state index contributed by atoms with van der Waals surface area (Å²) in [5.41, 5.74) is 0.499. The number of hydrogen-bond donors (Lipinski definition) is 0. The molecule has 12 atom stereocenters.